The number of carbonyl (C=O) groups excluding carboxylic acids is 1. The average Bonchev–Trinajstić information content (AvgIpc) is 3.81. The number of phenols is 1. The molecule has 1 unspecified atom stereocenters. The van der Waals surface area contributed by atoms with Gasteiger partial charge < -0.3 is 39.4 Å². The summed E-state index contributed by atoms with van der Waals surface area (Å²) in [4.78, 5) is 25.8. The summed E-state index contributed by atoms with van der Waals surface area (Å²) in [6.45, 7) is 6.72. The van der Waals surface area contributed by atoms with E-state index in [2.05, 4.69) is 22.8 Å². The van der Waals surface area contributed by atoms with Crippen molar-refractivity contribution < 1.29 is 42.7 Å². The summed E-state index contributed by atoms with van der Waals surface area (Å²) in [7, 11) is 1.76. The Labute approximate surface area is 313 Å². The molecule has 54 heavy (non-hydrogen) atoms. The van der Waals surface area contributed by atoms with Crippen molar-refractivity contribution in [2.24, 2.45) is 0 Å². The third-order valence-corrected chi connectivity index (χ3v) is 11.8. The van der Waals surface area contributed by atoms with Crippen molar-refractivity contribution in [2.75, 3.05) is 51.9 Å². The number of anilines is 1. The summed E-state index contributed by atoms with van der Waals surface area (Å²) in [5, 5.41) is 26.2. The fourth-order valence-corrected chi connectivity index (χ4v) is 8.75. The normalized spacial score (nSPS) is 24.5. The second-order valence-corrected chi connectivity index (χ2v) is 14.9. The van der Waals surface area contributed by atoms with Crippen molar-refractivity contribution in [3.8, 4) is 35.7 Å². The molecule has 1 amide bonds. The molecule has 1 aliphatic carbocycles. The zero-order chi connectivity index (χ0) is 38.2. The number of likely N-dealkylation sites (tertiary alicyclic amines) is 1. The Bertz CT molecular complexity index is 1940. The SMILES string of the molecule is C#Cc1c(F)ccc2cc(O)cc(C3COc4c(NCC5(N(C)C(=O)C=C)CCCC5)nc(OC[C@]5([C@H](C)O)C[C@@H](F)CN5C5CCOCC5)nc4O3)c12. The predicted octanol–water partition coefficient (Wildman–Crippen LogP) is 5.06. The van der Waals surface area contributed by atoms with Crippen LogP contribution in [0.25, 0.3) is 10.8 Å². The number of carbonyl (C=O) groups is 1. The highest BCUT2D eigenvalue weighted by Gasteiger charge is 2.53. The zero-order valence-corrected chi connectivity index (χ0v) is 30.7. The number of rotatable bonds is 11. The lowest BCUT2D eigenvalue weighted by Crippen LogP contribution is -2.60. The molecule has 288 valence electrons. The van der Waals surface area contributed by atoms with Crippen molar-refractivity contribution in [3.05, 3.63) is 53.9 Å². The molecule has 14 heteroatoms. The first kappa shape index (κ1) is 37.6. The predicted molar refractivity (Wildman–Crippen MR) is 197 cm³/mol. The summed E-state index contributed by atoms with van der Waals surface area (Å²) < 4.78 is 54.9. The lowest BCUT2D eigenvalue weighted by molar-refractivity contribution is -0.129. The van der Waals surface area contributed by atoms with Crippen LogP contribution in [0.4, 0.5) is 14.6 Å². The molecule has 2 saturated heterocycles. The highest BCUT2D eigenvalue weighted by molar-refractivity contribution is 5.93. The Morgan fingerprint density at radius 3 is 2.74 bits per heavy atom. The van der Waals surface area contributed by atoms with Gasteiger partial charge in [0.05, 0.1) is 22.7 Å². The van der Waals surface area contributed by atoms with E-state index in [1.165, 1.54) is 30.3 Å². The van der Waals surface area contributed by atoms with E-state index in [1.807, 2.05) is 4.90 Å². The van der Waals surface area contributed by atoms with Crippen LogP contribution in [0, 0.1) is 18.2 Å². The summed E-state index contributed by atoms with van der Waals surface area (Å²) >= 11 is 0. The maximum Gasteiger partial charge on any atom is 0.322 e. The highest BCUT2D eigenvalue weighted by atomic mass is 19.1. The zero-order valence-electron chi connectivity index (χ0n) is 30.7. The van der Waals surface area contributed by atoms with E-state index in [0.29, 0.717) is 48.9 Å². The fraction of sp³-hybridized carbons (Fsp3) is 0.525. The Morgan fingerprint density at radius 1 is 1.28 bits per heavy atom. The Balaban J connectivity index is 1.25. The minimum absolute atomic E-state index is 0.00425. The van der Waals surface area contributed by atoms with Crippen molar-refractivity contribution in [2.45, 2.75) is 87.4 Å². The summed E-state index contributed by atoms with van der Waals surface area (Å²) in [6.07, 6.45) is 8.90. The minimum atomic E-state index is -1.17. The van der Waals surface area contributed by atoms with E-state index in [1.54, 1.807) is 18.9 Å². The van der Waals surface area contributed by atoms with Gasteiger partial charge in [0.1, 0.15) is 31.0 Å². The molecule has 1 saturated carbocycles. The number of aliphatic hydroxyl groups is 1. The van der Waals surface area contributed by atoms with Gasteiger partial charge in [0.25, 0.3) is 5.88 Å². The first-order chi connectivity index (χ1) is 26.0. The molecule has 3 aliphatic heterocycles. The molecule has 3 fully saturated rings. The van der Waals surface area contributed by atoms with Gasteiger partial charge in [0, 0.05) is 56.8 Å². The van der Waals surface area contributed by atoms with Gasteiger partial charge in [-0.25, -0.2) is 8.78 Å². The molecule has 2 aromatic carbocycles. The number of benzene rings is 2. The summed E-state index contributed by atoms with van der Waals surface area (Å²) in [5.74, 6) is 2.01. The van der Waals surface area contributed by atoms with E-state index in [0.717, 1.165) is 25.7 Å². The molecule has 0 spiro atoms. The molecule has 3 aromatic rings. The topological polar surface area (TPSA) is 139 Å². The first-order valence-electron chi connectivity index (χ1n) is 18.6. The number of fused-ring (bicyclic) bond motifs is 2. The number of terminal acetylenes is 1. The van der Waals surface area contributed by atoms with E-state index in [9.17, 15) is 19.4 Å². The number of nitrogens with one attached hydrogen (secondary N) is 1. The van der Waals surface area contributed by atoms with Gasteiger partial charge in [-0.1, -0.05) is 31.4 Å². The Kier molecular flexibility index (Phi) is 10.6. The van der Waals surface area contributed by atoms with Crippen molar-refractivity contribution in [3.63, 3.8) is 0 Å². The number of aromatic hydroxyl groups is 1. The van der Waals surface area contributed by atoms with E-state index < -0.39 is 35.3 Å². The maximum atomic E-state index is 15.2. The van der Waals surface area contributed by atoms with E-state index >= 15 is 4.39 Å². The van der Waals surface area contributed by atoms with Gasteiger partial charge in [-0.2, -0.15) is 9.97 Å². The van der Waals surface area contributed by atoms with Gasteiger partial charge in [0.15, 0.2) is 11.9 Å². The highest BCUT2D eigenvalue weighted by Crippen LogP contribution is 2.45. The summed E-state index contributed by atoms with van der Waals surface area (Å²) in [6, 6.07) is 5.62. The fourth-order valence-electron chi connectivity index (χ4n) is 8.75. The lowest BCUT2D eigenvalue weighted by Gasteiger charge is -2.45. The number of likely N-dealkylation sites (N-methyl/N-ethyl adjacent to an activating group) is 1. The van der Waals surface area contributed by atoms with Crippen LogP contribution in [0.15, 0.2) is 36.9 Å². The Morgan fingerprint density at radius 2 is 2.04 bits per heavy atom. The van der Waals surface area contributed by atoms with Crippen molar-refractivity contribution in [1.82, 2.24) is 19.8 Å². The van der Waals surface area contributed by atoms with Crippen molar-refractivity contribution >= 4 is 22.5 Å². The van der Waals surface area contributed by atoms with Crippen LogP contribution in [0.1, 0.15) is 69.1 Å². The van der Waals surface area contributed by atoms with Gasteiger partial charge in [-0.05, 0) is 62.3 Å². The molecule has 4 atom stereocenters. The smallest absolute Gasteiger partial charge is 0.322 e. The number of amides is 1. The number of halogens is 2. The number of hydrogen-bond donors (Lipinski definition) is 3. The molecule has 7 rings (SSSR count). The number of aliphatic hydroxyl groups excluding tert-OH is 1. The molecule has 4 aliphatic rings. The summed E-state index contributed by atoms with van der Waals surface area (Å²) in [5.41, 5.74) is -1.18. The average molecular weight is 748 g/mol. The van der Waals surface area contributed by atoms with Gasteiger partial charge in [-0.15, -0.1) is 6.42 Å². The first-order valence-corrected chi connectivity index (χ1v) is 18.6. The molecule has 1 aromatic heterocycles. The van der Waals surface area contributed by atoms with Crippen LogP contribution in [0.2, 0.25) is 0 Å². The quantitative estimate of drug-likeness (QED) is 0.179. The second kappa shape index (κ2) is 15.2. The molecular weight excluding hydrogens is 700 g/mol. The number of phenolic OH excluding ortho intramolecular Hbond substituents is 1. The molecule has 0 bridgehead atoms. The number of aromatic nitrogens is 2. The molecule has 0 radical (unpaired) electrons. The van der Waals surface area contributed by atoms with Crippen LogP contribution >= 0.6 is 0 Å². The van der Waals surface area contributed by atoms with Gasteiger partial charge in [0.2, 0.25) is 11.7 Å². The Hall–Kier alpha value is -4.71. The molecule has 4 heterocycles. The minimum Gasteiger partial charge on any atom is -0.508 e. The van der Waals surface area contributed by atoms with Crippen LogP contribution in [0.5, 0.6) is 23.4 Å². The molecule has 12 nitrogen and oxygen atoms in total. The number of ether oxygens (including phenoxy) is 4. The lowest BCUT2D eigenvalue weighted by atomic mass is 9.88. The molecular formula is C40H47F2N5O7. The second-order valence-electron chi connectivity index (χ2n) is 14.9. The number of hydrogen-bond acceptors (Lipinski definition) is 11. The molecule has 3 N–H and O–H groups in total. The van der Waals surface area contributed by atoms with Crippen LogP contribution in [-0.2, 0) is 9.53 Å². The van der Waals surface area contributed by atoms with Gasteiger partial charge >= 0.3 is 6.01 Å². The van der Waals surface area contributed by atoms with Crippen LogP contribution in [-0.4, -0.2) is 112 Å². The maximum absolute atomic E-state index is 15.2. The van der Waals surface area contributed by atoms with Crippen molar-refractivity contribution in [1.29, 1.82) is 0 Å². The van der Waals surface area contributed by atoms with Gasteiger partial charge in [-0.3, -0.25) is 9.69 Å². The standard InChI is InChI=1S/C40H47F2N5O7/c1-5-29-31(42)10-9-25-17-28(49)18-30(34(25)29)32-21-52-35-36(43-22-39(13-7-8-14-39)46(4)33(50)6-2)44-38(45-37(35)54-32)53-23-40(24(3)48)19-26(41)20-47(40)27-11-15-51-16-12-27/h1,6,9-10,17-18,24,26-27,32,48-49H,2,7-8,11-16,19-23H2,3-4H3,(H,43,44,45)/t24-,26+,32?,40-/m0/s1. The monoisotopic (exact) mass is 747 g/mol. The number of nitrogens with zero attached hydrogens (tertiary/aromatic N) is 4. The largest absolute Gasteiger partial charge is 0.508 e. The van der Waals surface area contributed by atoms with E-state index in [4.69, 9.17) is 30.4 Å². The van der Waals surface area contributed by atoms with Crippen LogP contribution in [0.3, 0.4) is 0 Å². The number of alkyl halides is 1. The van der Waals surface area contributed by atoms with E-state index in [-0.39, 0.29) is 72.9 Å². The third-order valence-electron chi connectivity index (χ3n) is 11.8. The van der Waals surface area contributed by atoms with Crippen LogP contribution < -0.4 is 19.5 Å². The third kappa shape index (κ3) is 6.89.